The van der Waals surface area contributed by atoms with Crippen LogP contribution in [0.1, 0.15) is 28.8 Å². The summed E-state index contributed by atoms with van der Waals surface area (Å²) in [6.45, 7) is 0. The zero-order valence-corrected chi connectivity index (χ0v) is 18.1. The minimum Gasteiger partial charge on any atom is -0.453 e. The lowest BCUT2D eigenvalue weighted by Crippen LogP contribution is -2.23. The summed E-state index contributed by atoms with van der Waals surface area (Å²) in [5, 5.41) is 8.29. The number of carbonyl (C=O) groups is 2. The number of hydrogen-bond acceptors (Lipinski definition) is 4. The lowest BCUT2D eigenvalue weighted by molar-refractivity contribution is -0.576. The predicted octanol–water partition coefficient (Wildman–Crippen LogP) is 4.56. The molecule has 11 heteroatoms. The molecule has 178 valence electrons. The molecule has 3 N–H and O–H groups in total. The number of halogens is 3. The summed E-state index contributed by atoms with van der Waals surface area (Å²) >= 11 is 0. The maximum atomic E-state index is 12.9. The van der Waals surface area contributed by atoms with Crippen molar-refractivity contribution in [3.63, 3.8) is 0 Å². The van der Waals surface area contributed by atoms with E-state index in [4.69, 9.17) is 4.74 Å². The molecule has 1 saturated carbocycles. The number of anilines is 2. The van der Waals surface area contributed by atoms with Crippen LogP contribution in [-0.4, -0.2) is 21.9 Å². The van der Waals surface area contributed by atoms with Gasteiger partial charge < -0.3 is 10.1 Å². The highest BCUT2D eigenvalue weighted by Crippen LogP contribution is 2.31. The molecule has 0 atom stereocenters. The van der Waals surface area contributed by atoms with Gasteiger partial charge in [0.1, 0.15) is 5.75 Å². The smallest absolute Gasteiger partial charge is 0.416 e. The van der Waals surface area contributed by atoms with Crippen molar-refractivity contribution in [2.24, 2.45) is 5.92 Å². The van der Waals surface area contributed by atoms with E-state index in [0.29, 0.717) is 28.8 Å². The number of nitrogens with one attached hydrogen (secondary N) is 3. The van der Waals surface area contributed by atoms with Gasteiger partial charge in [0.2, 0.25) is 5.91 Å². The molecular formula is C24H19F3N5O3+. The average Bonchev–Trinajstić information content (AvgIpc) is 3.60. The molecule has 2 heterocycles. The van der Waals surface area contributed by atoms with E-state index in [9.17, 15) is 22.8 Å². The van der Waals surface area contributed by atoms with Gasteiger partial charge in [-0.25, -0.2) is 0 Å². The Morgan fingerprint density at radius 1 is 1.00 bits per heavy atom. The van der Waals surface area contributed by atoms with Gasteiger partial charge in [-0.3, -0.25) is 14.9 Å². The Balaban J connectivity index is 1.28. The topological polar surface area (TPSA) is 100 Å². The number of pyridine rings is 1. The van der Waals surface area contributed by atoms with Gasteiger partial charge in [0.25, 0.3) is 5.91 Å². The highest BCUT2D eigenvalue weighted by molar-refractivity contribution is 6.04. The third-order valence-electron chi connectivity index (χ3n) is 5.32. The quantitative estimate of drug-likeness (QED) is 0.351. The lowest BCUT2D eigenvalue weighted by atomic mass is 10.1. The molecule has 0 bridgehead atoms. The monoisotopic (exact) mass is 482 g/mol. The highest BCUT2D eigenvalue weighted by Gasteiger charge is 2.32. The maximum Gasteiger partial charge on any atom is 0.416 e. The van der Waals surface area contributed by atoms with Crippen molar-refractivity contribution in [2.45, 2.75) is 19.0 Å². The van der Waals surface area contributed by atoms with Crippen molar-refractivity contribution in [1.29, 1.82) is 0 Å². The van der Waals surface area contributed by atoms with Gasteiger partial charge in [-0.05, 0) is 49.2 Å². The second kappa shape index (κ2) is 8.75. The maximum absolute atomic E-state index is 12.9. The van der Waals surface area contributed by atoms with Crippen LogP contribution in [0.3, 0.4) is 0 Å². The molecule has 35 heavy (non-hydrogen) atoms. The highest BCUT2D eigenvalue weighted by atomic mass is 19.4. The molecule has 0 aliphatic heterocycles. The van der Waals surface area contributed by atoms with Gasteiger partial charge >= 0.3 is 17.8 Å². The number of hydrogen-bond donors (Lipinski definition) is 3. The van der Waals surface area contributed by atoms with E-state index in [2.05, 4.69) is 20.7 Å². The molecule has 0 unspecified atom stereocenters. The second-order valence-electron chi connectivity index (χ2n) is 8.09. The molecule has 4 aromatic rings. The van der Waals surface area contributed by atoms with E-state index in [-0.39, 0.29) is 17.4 Å². The number of rotatable bonds is 6. The van der Waals surface area contributed by atoms with Crippen LogP contribution in [0.5, 0.6) is 11.5 Å². The SMILES string of the molecule is O=C(Nc1cccc(Oc2ccc3nc(NC(=O)C4CC4)[nH][n+]3c2)c1)c1cccc(C(F)(F)F)c1. The molecule has 1 fully saturated rings. The molecule has 0 radical (unpaired) electrons. The summed E-state index contributed by atoms with van der Waals surface area (Å²) < 4.78 is 46.3. The van der Waals surface area contributed by atoms with E-state index in [1.165, 1.54) is 12.1 Å². The van der Waals surface area contributed by atoms with E-state index in [1.54, 1.807) is 47.1 Å². The first-order valence-corrected chi connectivity index (χ1v) is 10.7. The van der Waals surface area contributed by atoms with Crippen LogP contribution in [0.25, 0.3) is 5.65 Å². The van der Waals surface area contributed by atoms with E-state index in [1.807, 2.05) is 0 Å². The molecule has 2 amide bonds. The Morgan fingerprint density at radius 3 is 2.57 bits per heavy atom. The summed E-state index contributed by atoms with van der Waals surface area (Å²) in [5.74, 6) is 0.488. The minimum atomic E-state index is -4.54. The van der Waals surface area contributed by atoms with Crippen molar-refractivity contribution in [1.82, 2.24) is 10.1 Å². The number of aromatic amines is 1. The van der Waals surface area contributed by atoms with Gasteiger partial charge in [-0.15, -0.1) is 4.52 Å². The normalized spacial score (nSPS) is 13.5. The Bertz CT molecular complexity index is 1430. The van der Waals surface area contributed by atoms with Crippen molar-refractivity contribution in [3.05, 3.63) is 78.0 Å². The Hall–Kier alpha value is -4.41. The third-order valence-corrected chi connectivity index (χ3v) is 5.32. The second-order valence-corrected chi connectivity index (χ2v) is 8.09. The molecule has 0 saturated heterocycles. The van der Waals surface area contributed by atoms with Gasteiger partial charge in [0, 0.05) is 34.3 Å². The molecule has 1 aliphatic rings. The van der Waals surface area contributed by atoms with Crippen molar-refractivity contribution < 1.29 is 32.0 Å². The van der Waals surface area contributed by atoms with Crippen LogP contribution >= 0.6 is 0 Å². The first-order chi connectivity index (χ1) is 16.7. The number of carbonyl (C=O) groups excluding carboxylic acids is 2. The zero-order chi connectivity index (χ0) is 24.6. The van der Waals surface area contributed by atoms with E-state index >= 15 is 0 Å². The number of H-pyrrole nitrogens is 1. The molecule has 0 spiro atoms. The average molecular weight is 482 g/mol. The molecule has 1 aliphatic carbocycles. The first kappa shape index (κ1) is 22.4. The number of ether oxygens (including phenoxy) is 1. The largest absolute Gasteiger partial charge is 0.453 e. The third kappa shape index (κ3) is 5.24. The van der Waals surface area contributed by atoms with Crippen LogP contribution < -0.4 is 19.9 Å². The lowest BCUT2D eigenvalue weighted by Gasteiger charge is -2.10. The molecule has 2 aromatic heterocycles. The van der Waals surface area contributed by atoms with Crippen LogP contribution in [0.2, 0.25) is 0 Å². The van der Waals surface area contributed by atoms with Crippen molar-refractivity contribution >= 4 is 29.1 Å². The number of amides is 2. The standard InChI is InChI=1S/C24H18F3N5O3/c25-24(26,27)16-4-1-3-15(11-16)22(34)28-17-5-2-6-18(12-17)35-19-9-10-20-29-23(31-32(20)13-19)30-21(33)14-7-8-14/h1-6,9-14H,7-8H2,(H2,28,30,31,33,34)/p+1. The predicted molar refractivity (Wildman–Crippen MR) is 119 cm³/mol. The fourth-order valence-electron chi connectivity index (χ4n) is 3.40. The molecule has 2 aromatic carbocycles. The summed E-state index contributed by atoms with van der Waals surface area (Å²) in [5.41, 5.74) is -0.0863. The van der Waals surface area contributed by atoms with Gasteiger partial charge in [-0.1, -0.05) is 12.1 Å². The van der Waals surface area contributed by atoms with Crippen LogP contribution in [0.15, 0.2) is 66.9 Å². The summed E-state index contributed by atoms with van der Waals surface area (Å²) in [4.78, 5) is 28.7. The molecule has 5 rings (SSSR count). The van der Waals surface area contributed by atoms with Gasteiger partial charge in [-0.2, -0.15) is 18.3 Å². The summed E-state index contributed by atoms with van der Waals surface area (Å²) in [6, 6.07) is 14.1. The number of nitrogens with zero attached hydrogens (tertiary/aromatic N) is 2. The fourth-order valence-corrected chi connectivity index (χ4v) is 3.40. The Labute approximate surface area is 196 Å². The Kier molecular flexibility index (Phi) is 5.59. The number of alkyl halides is 3. The number of benzene rings is 2. The fraction of sp³-hybridized carbons (Fsp3) is 0.167. The van der Waals surface area contributed by atoms with Crippen molar-refractivity contribution in [2.75, 3.05) is 10.6 Å². The Morgan fingerprint density at radius 2 is 1.80 bits per heavy atom. The zero-order valence-electron chi connectivity index (χ0n) is 18.1. The van der Waals surface area contributed by atoms with Crippen LogP contribution in [-0.2, 0) is 11.0 Å². The van der Waals surface area contributed by atoms with Gasteiger partial charge in [0.15, 0.2) is 11.9 Å². The summed E-state index contributed by atoms with van der Waals surface area (Å²) in [6.07, 6.45) is -1.13. The van der Waals surface area contributed by atoms with E-state index < -0.39 is 17.6 Å². The van der Waals surface area contributed by atoms with Crippen molar-refractivity contribution in [3.8, 4) is 11.5 Å². The first-order valence-electron chi connectivity index (χ1n) is 10.7. The van der Waals surface area contributed by atoms with Gasteiger partial charge in [0.05, 0.1) is 5.56 Å². The molecular weight excluding hydrogens is 463 g/mol. The van der Waals surface area contributed by atoms with Crippen LogP contribution in [0, 0.1) is 5.92 Å². The number of aromatic nitrogens is 3. The number of fused-ring (bicyclic) bond motifs is 1. The minimum absolute atomic E-state index is 0.0495. The van der Waals surface area contributed by atoms with Crippen LogP contribution in [0.4, 0.5) is 24.8 Å². The van der Waals surface area contributed by atoms with E-state index in [0.717, 1.165) is 25.0 Å². The summed E-state index contributed by atoms with van der Waals surface area (Å²) in [7, 11) is 0. The molecule has 8 nitrogen and oxygen atoms in total.